The maximum Gasteiger partial charge on any atom is 0.418 e. The molecule has 0 aliphatic carbocycles. The van der Waals surface area contributed by atoms with Crippen LogP contribution in [-0.4, -0.2) is 19.2 Å². The Morgan fingerprint density at radius 2 is 1.76 bits per heavy atom. The summed E-state index contributed by atoms with van der Waals surface area (Å²) < 4.78 is 44.0. The van der Waals surface area contributed by atoms with Crippen LogP contribution in [0.1, 0.15) is 12.0 Å². The molecule has 2 aromatic carbocycles. The third-order valence-corrected chi connectivity index (χ3v) is 3.49. The van der Waals surface area contributed by atoms with Gasteiger partial charge < -0.3 is 15.4 Å². The summed E-state index contributed by atoms with van der Waals surface area (Å²) in [5.41, 5.74) is -1.19. The molecule has 2 aromatic rings. The number of benzene rings is 2. The Morgan fingerprint density at radius 3 is 2.48 bits per heavy atom. The van der Waals surface area contributed by atoms with Crippen LogP contribution in [0.15, 0.2) is 48.5 Å². The van der Waals surface area contributed by atoms with Crippen molar-refractivity contribution in [3.8, 4) is 5.75 Å². The first-order valence-electron chi connectivity index (χ1n) is 7.46. The van der Waals surface area contributed by atoms with E-state index >= 15 is 0 Å². The van der Waals surface area contributed by atoms with E-state index in [9.17, 15) is 18.0 Å². The summed E-state index contributed by atoms with van der Waals surface area (Å²) in [4.78, 5) is 11.7. The number of carbonyl (C=O) groups excluding carboxylic acids is 1. The highest BCUT2D eigenvalue weighted by molar-refractivity contribution is 6.32. The Hall–Kier alpha value is -2.41. The highest BCUT2D eigenvalue weighted by atomic mass is 35.5. The molecule has 0 fully saturated rings. The number of hydrogen-bond donors (Lipinski definition) is 2. The van der Waals surface area contributed by atoms with Gasteiger partial charge in [0.2, 0.25) is 0 Å². The molecule has 0 atom stereocenters. The molecule has 2 N–H and O–H groups in total. The molecule has 0 heterocycles. The Labute approximate surface area is 147 Å². The molecule has 8 heteroatoms. The predicted molar refractivity (Wildman–Crippen MR) is 90.0 cm³/mol. The molecule has 134 valence electrons. The quantitative estimate of drug-likeness (QED) is 0.705. The van der Waals surface area contributed by atoms with Crippen LogP contribution in [0.25, 0.3) is 0 Å². The first kappa shape index (κ1) is 18.9. The van der Waals surface area contributed by atoms with Gasteiger partial charge in [-0.25, -0.2) is 4.79 Å². The van der Waals surface area contributed by atoms with E-state index in [-0.39, 0.29) is 12.2 Å². The molecular formula is C17H16ClF3N2O2. The minimum atomic E-state index is -4.54. The van der Waals surface area contributed by atoms with Crippen LogP contribution < -0.4 is 15.4 Å². The molecule has 0 unspecified atom stereocenters. The largest absolute Gasteiger partial charge is 0.492 e. The zero-order valence-electron chi connectivity index (χ0n) is 13.1. The highest BCUT2D eigenvalue weighted by Gasteiger charge is 2.33. The average Bonchev–Trinajstić information content (AvgIpc) is 2.55. The lowest BCUT2D eigenvalue weighted by Gasteiger charge is -2.14. The molecule has 0 spiro atoms. The monoisotopic (exact) mass is 372 g/mol. The molecule has 0 aliphatic rings. The van der Waals surface area contributed by atoms with Crippen molar-refractivity contribution in [3.05, 3.63) is 59.1 Å². The second kappa shape index (κ2) is 8.62. The van der Waals surface area contributed by atoms with Crippen molar-refractivity contribution in [2.24, 2.45) is 0 Å². The van der Waals surface area contributed by atoms with Gasteiger partial charge in [-0.2, -0.15) is 13.2 Å². The smallest absolute Gasteiger partial charge is 0.418 e. The Kier molecular flexibility index (Phi) is 6.52. The summed E-state index contributed by atoms with van der Waals surface area (Å²) in [5.74, 6) is 0.535. The van der Waals surface area contributed by atoms with E-state index in [1.807, 2.05) is 0 Å². The summed E-state index contributed by atoms with van der Waals surface area (Å²) in [6.07, 6.45) is -4.06. The van der Waals surface area contributed by atoms with Crippen LogP contribution in [0.5, 0.6) is 5.75 Å². The van der Waals surface area contributed by atoms with Crippen LogP contribution >= 0.6 is 11.6 Å². The summed E-state index contributed by atoms with van der Waals surface area (Å²) >= 11 is 5.93. The molecule has 4 nitrogen and oxygen atoms in total. The van der Waals surface area contributed by atoms with Crippen molar-refractivity contribution in [3.63, 3.8) is 0 Å². The standard InChI is InChI=1S/C17H16ClF3N2O2/c18-13-7-2-4-9-15(13)25-11-5-10-22-16(24)23-14-8-3-1-6-12(14)17(19,20)21/h1-4,6-9H,5,10-11H2,(H2,22,23,24). The minimum Gasteiger partial charge on any atom is -0.492 e. The topological polar surface area (TPSA) is 50.4 Å². The van der Waals surface area contributed by atoms with Crippen molar-refractivity contribution in [2.75, 3.05) is 18.5 Å². The average molecular weight is 373 g/mol. The van der Waals surface area contributed by atoms with Gasteiger partial charge in [0.1, 0.15) is 5.75 Å². The maximum absolute atomic E-state index is 12.8. The van der Waals surface area contributed by atoms with Crippen molar-refractivity contribution < 1.29 is 22.7 Å². The third kappa shape index (κ3) is 5.86. The van der Waals surface area contributed by atoms with Gasteiger partial charge in [0.15, 0.2) is 0 Å². The Balaban J connectivity index is 1.76. The summed E-state index contributed by atoms with van der Waals surface area (Å²) in [5, 5.41) is 5.17. The SMILES string of the molecule is O=C(NCCCOc1ccccc1Cl)Nc1ccccc1C(F)(F)F. The van der Waals surface area contributed by atoms with Gasteiger partial charge in [-0.3, -0.25) is 0 Å². The van der Waals surface area contributed by atoms with E-state index in [1.165, 1.54) is 18.2 Å². The number of amides is 2. The number of anilines is 1. The van der Waals surface area contributed by atoms with Crippen molar-refractivity contribution in [1.29, 1.82) is 0 Å². The number of rotatable bonds is 6. The number of hydrogen-bond acceptors (Lipinski definition) is 2. The van der Waals surface area contributed by atoms with E-state index in [4.69, 9.17) is 16.3 Å². The van der Waals surface area contributed by atoms with Gasteiger partial charge >= 0.3 is 12.2 Å². The van der Waals surface area contributed by atoms with Gasteiger partial charge in [0, 0.05) is 6.54 Å². The van der Waals surface area contributed by atoms with Crippen LogP contribution in [0.2, 0.25) is 5.02 Å². The van der Waals surface area contributed by atoms with E-state index in [1.54, 1.807) is 24.3 Å². The number of para-hydroxylation sites is 2. The molecule has 0 saturated carbocycles. The van der Waals surface area contributed by atoms with Gasteiger partial charge in [0.25, 0.3) is 0 Å². The maximum atomic E-state index is 12.8. The fourth-order valence-corrected chi connectivity index (χ4v) is 2.21. The lowest BCUT2D eigenvalue weighted by molar-refractivity contribution is -0.136. The first-order valence-corrected chi connectivity index (χ1v) is 7.84. The molecule has 0 aromatic heterocycles. The van der Waals surface area contributed by atoms with Crippen LogP contribution in [-0.2, 0) is 6.18 Å². The van der Waals surface area contributed by atoms with Crippen LogP contribution in [0, 0.1) is 0 Å². The molecule has 25 heavy (non-hydrogen) atoms. The number of alkyl halides is 3. The number of urea groups is 1. The van der Waals surface area contributed by atoms with Gasteiger partial charge in [-0.1, -0.05) is 35.9 Å². The summed E-state index contributed by atoms with van der Waals surface area (Å²) in [6, 6.07) is 11.0. The molecule has 2 amide bonds. The Bertz CT molecular complexity index is 723. The van der Waals surface area contributed by atoms with Gasteiger partial charge in [0.05, 0.1) is 22.9 Å². The number of nitrogens with one attached hydrogen (secondary N) is 2. The van der Waals surface area contributed by atoms with E-state index in [0.717, 1.165) is 6.07 Å². The molecule has 0 radical (unpaired) electrons. The van der Waals surface area contributed by atoms with E-state index < -0.39 is 17.8 Å². The number of carbonyl (C=O) groups is 1. The highest BCUT2D eigenvalue weighted by Crippen LogP contribution is 2.34. The second-order valence-corrected chi connectivity index (χ2v) is 5.46. The normalized spacial score (nSPS) is 11.0. The molecule has 0 saturated heterocycles. The minimum absolute atomic E-state index is 0.241. The van der Waals surface area contributed by atoms with E-state index in [0.29, 0.717) is 23.8 Å². The van der Waals surface area contributed by atoms with Gasteiger partial charge in [-0.15, -0.1) is 0 Å². The van der Waals surface area contributed by atoms with Crippen LogP contribution in [0.4, 0.5) is 23.7 Å². The number of halogens is 4. The molecule has 0 aliphatic heterocycles. The lowest BCUT2D eigenvalue weighted by atomic mass is 10.1. The second-order valence-electron chi connectivity index (χ2n) is 5.06. The Morgan fingerprint density at radius 1 is 1.08 bits per heavy atom. The fraction of sp³-hybridized carbons (Fsp3) is 0.235. The molecular weight excluding hydrogens is 357 g/mol. The lowest BCUT2D eigenvalue weighted by Crippen LogP contribution is -2.31. The fourth-order valence-electron chi connectivity index (χ4n) is 2.02. The summed E-state index contributed by atoms with van der Waals surface area (Å²) in [6.45, 7) is 0.549. The third-order valence-electron chi connectivity index (χ3n) is 3.18. The van der Waals surface area contributed by atoms with Crippen molar-refractivity contribution in [1.82, 2.24) is 5.32 Å². The number of ether oxygens (including phenoxy) is 1. The van der Waals surface area contributed by atoms with Crippen LogP contribution in [0.3, 0.4) is 0 Å². The first-order chi connectivity index (χ1) is 11.9. The molecule has 2 rings (SSSR count). The predicted octanol–water partition coefficient (Wildman–Crippen LogP) is 4.95. The van der Waals surface area contributed by atoms with Crippen molar-refractivity contribution >= 4 is 23.3 Å². The molecule has 0 bridgehead atoms. The van der Waals surface area contributed by atoms with Crippen molar-refractivity contribution in [2.45, 2.75) is 12.6 Å². The zero-order valence-corrected chi connectivity index (χ0v) is 13.8. The van der Waals surface area contributed by atoms with E-state index in [2.05, 4.69) is 10.6 Å². The van der Waals surface area contributed by atoms with Gasteiger partial charge in [-0.05, 0) is 30.7 Å². The summed E-state index contributed by atoms with van der Waals surface area (Å²) in [7, 11) is 0. The zero-order chi connectivity index (χ0) is 18.3.